The SMILES string of the molecule is Cc1nc([C@H](C)NC(=O)c2cccc(CCC(C)(C)O)c2)n[nH]1. The van der Waals surface area contributed by atoms with E-state index in [4.69, 9.17) is 0 Å². The molecule has 2 rings (SSSR count). The molecule has 6 nitrogen and oxygen atoms in total. The smallest absolute Gasteiger partial charge is 0.251 e. The second-order valence-corrected chi connectivity index (χ2v) is 6.49. The highest BCUT2D eigenvalue weighted by Crippen LogP contribution is 2.15. The lowest BCUT2D eigenvalue weighted by molar-refractivity contribution is 0.0714. The van der Waals surface area contributed by atoms with Gasteiger partial charge in [0.2, 0.25) is 0 Å². The van der Waals surface area contributed by atoms with E-state index in [0.717, 1.165) is 17.8 Å². The summed E-state index contributed by atoms with van der Waals surface area (Å²) in [6.45, 7) is 7.23. The van der Waals surface area contributed by atoms with Crippen LogP contribution in [0.4, 0.5) is 0 Å². The Morgan fingerprint density at radius 1 is 1.43 bits per heavy atom. The van der Waals surface area contributed by atoms with Crippen molar-refractivity contribution in [3.63, 3.8) is 0 Å². The van der Waals surface area contributed by atoms with Crippen molar-refractivity contribution < 1.29 is 9.90 Å². The highest BCUT2D eigenvalue weighted by molar-refractivity contribution is 5.94. The third-order valence-corrected chi connectivity index (χ3v) is 3.56. The first-order valence-electron chi connectivity index (χ1n) is 7.76. The van der Waals surface area contributed by atoms with Crippen LogP contribution in [0.25, 0.3) is 0 Å². The molecule has 124 valence electrons. The van der Waals surface area contributed by atoms with Gasteiger partial charge < -0.3 is 10.4 Å². The van der Waals surface area contributed by atoms with Gasteiger partial charge in [-0.1, -0.05) is 12.1 Å². The molecule has 0 radical (unpaired) electrons. The minimum absolute atomic E-state index is 0.162. The summed E-state index contributed by atoms with van der Waals surface area (Å²) in [5, 5.41) is 19.5. The number of hydrogen-bond donors (Lipinski definition) is 3. The van der Waals surface area contributed by atoms with E-state index in [1.807, 2.05) is 32.0 Å². The van der Waals surface area contributed by atoms with Crippen LogP contribution in [-0.2, 0) is 6.42 Å². The zero-order chi connectivity index (χ0) is 17.0. The van der Waals surface area contributed by atoms with Gasteiger partial charge in [-0.05, 0) is 58.2 Å². The van der Waals surface area contributed by atoms with Crippen LogP contribution in [-0.4, -0.2) is 31.8 Å². The number of aromatic amines is 1. The van der Waals surface area contributed by atoms with Gasteiger partial charge in [0.25, 0.3) is 5.91 Å². The van der Waals surface area contributed by atoms with E-state index >= 15 is 0 Å². The number of carbonyl (C=O) groups is 1. The zero-order valence-corrected chi connectivity index (χ0v) is 14.1. The number of aromatic nitrogens is 3. The molecule has 0 saturated carbocycles. The molecule has 0 aliphatic carbocycles. The molecule has 0 fully saturated rings. The lowest BCUT2D eigenvalue weighted by atomic mass is 9.98. The maximum Gasteiger partial charge on any atom is 0.251 e. The number of aliphatic hydroxyl groups is 1. The first-order chi connectivity index (χ1) is 10.7. The van der Waals surface area contributed by atoms with Gasteiger partial charge in [0.15, 0.2) is 5.82 Å². The Labute approximate surface area is 136 Å². The molecule has 3 N–H and O–H groups in total. The summed E-state index contributed by atoms with van der Waals surface area (Å²) >= 11 is 0. The second-order valence-electron chi connectivity index (χ2n) is 6.49. The number of benzene rings is 1. The van der Waals surface area contributed by atoms with Crippen molar-refractivity contribution >= 4 is 5.91 Å². The Balaban J connectivity index is 2.02. The van der Waals surface area contributed by atoms with Crippen LogP contribution in [0.3, 0.4) is 0 Å². The van der Waals surface area contributed by atoms with Crippen molar-refractivity contribution in [2.24, 2.45) is 0 Å². The Bertz CT molecular complexity index is 673. The fourth-order valence-electron chi connectivity index (χ4n) is 2.22. The fraction of sp³-hybridized carbons (Fsp3) is 0.471. The molecule has 1 atom stereocenters. The van der Waals surface area contributed by atoms with Crippen LogP contribution < -0.4 is 5.32 Å². The topological polar surface area (TPSA) is 90.9 Å². The van der Waals surface area contributed by atoms with Crippen molar-refractivity contribution in [2.75, 3.05) is 0 Å². The van der Waals surface area contributed by atoms with Gasteiger partial charge in [-0.15, -0.1) is 0 Å². The predicted octanol–water partition coefficient (Wildman–Crippen LogP) is 2.31. The van der Waals surface area contributed by atoms with Gasteiger partial charge >= 0.3 is 0 Å². The van der Waals surface area contributed by atoms with E-state index in [0.29, 0.717) is 17.8 Å². The normalized spacial score (nSPS) is 12.9. The third kappa shape index (κ3) is 5.17. The number of hydrogen-bond acceptors (Lipinski definition) is 4. The third-order valence-electron chi connectivity index (χ3n) is 3.56. The van der Waals surface area contributed by atoms with Crippen LogP contribution in [0.1, 0.15) is 60.8 Å². The fourth-order valence-corrected chi connectivity index (χ4v) is 2.22. The van der Waals surface area contributed by atoms with Gasteiger partial charge in [-0.3, -0.25) is 9.89 Å². The molecule has 0 aliphatic heterocycles. The Morgan fingerprint density at radius 3 is 2.78 bits per heavy atom. The minimum Gasteiger partial charge on any atom is -0.390 e. The molecule has 2 aromatic rings. The summed E-state index contributed by atoms with van der Waals surface area (Å²) < 4.78 is 0. The zero-order valence-electron chi connectivity index (χ0n) is 14.1. The average molecular weight is 316 g/mol. The molecule has 1 heterocycles. The Morgan fingerprint density at radius 2 is 2.17 bits per heavy atom. The van der Waals surface area contributed by atoms with E-state index in [-0.39, 0.29) is 11.9 Å². The lowest BCUT2D eigenvalue weighted by Crippen LogP contribution is -2.27. The minimum atomic E-state index is -0.712. The number of aryl methyl sites for hydroxylation is 2. The summed E-state index contributed by atoms with van der Waals surface area (Å²) in [7, 11) is 0. The monoisotopic (exact) mass is 316 g/mol. The molecule has 0 aliphatic rings. The number of nitrogens with one attached hydrogen (secondary N) is 2. The molecule has 0 bridgehead atoms. The molecular weight excluding hydrogens is 292 g/mol. The van der Waals surface area contributed by atoms with Crippen LogP contribution in [0.2, 0.25) is 0 Å². The van der Waals surface area contributed by atoms with E-state index in [1.54, 1.807) is 19.9 Å². The lowest BCUT2D eigenvalue weighted by Gasteiger charge is -2.17. The number of rotatable bonds is 6. The van der Waals surface area contributed by atoms with Gasteiger partial charge in [-0.2, -0.15) is 5.10 Å². The van der Waals surface area contributed by atoms with Crippen molar-refractivity contribution in [3.8, 4) is 0 Å². The second kappa shape index (κ2) is 6.91. The molecule has 1 aromatic heterocycles. The highest BCUT2D eigenvalue weighted by Gasteiger charge is 2.16. The Hall–Kier alpha value is -2.21. The quantitative estimate of drug-likeness (QED) is 0.762. The summed E-state index contributed by atoms with van der Waals surface area (Å²) in [5.41, 5.74) is 0.912. The molecule has 23 heavy (non-hydrogen) atoms. The molecule has 0 spiro atoms. The first-order valence-corrected chi connectivity index (χ1v) is 7.76. The maximum absolute atomic E-state index is 12.4. The van der Waals surface area contributed by atoms with Crippen molar-refractivity contribution in [2.45, 2.75) is 52.2 Å². The van der Waals surface area contributed by atoms with Crippen LogP contribution in [0, 0.1) is 6.92 Å². The number of amides is 1. The average Bonchev–Trinajstić information content (AvgIpc) is 2.91. The standard InChI is InChI=1S/C17H24N4O2/c1-11(15-19-12(2)20-21-15)18-16(22)14-7-5-6-13(10-14)8-9-17(3,4)23/h5-7,10-11,23H,8-9H2,1-4H3,(H,18,22)(H,19,20,21)/t11-/m0/s1. The largest absolute Gasteiger partial charge is 0.390 e. The molecule has 0 saturated heterocycles. The van der Waals surface area contributed by atoms with Gasteiger partial charge in [0, 0.05) is 5.56 Å². The molecule has 1 amide bonds. The highest BCUT2D eigenvalue weighted by atomic mass is 16.3. The molecule has 1 aromatic carbocycles. The maximum atomic E-state index is 12.4. The van der Waals surface area contributed by atoms with Gasteiger partial charge in [0.1, 0.15) is 5.82 Å². The van der Waals surface area contributed by atoms with Crippen LogP contribution >= 0.6 is 0 Å². The first kappa shape index (κ1) is 17.1. The summed E-state index contributed by atoms with van der Waals surface area (Å²) in [4.78, 5) is 16.6. The van der Waals surface area contributed by atoms with Gasteiger partial charge in [0.05, 0.1) is 11.6 Å². The molecular formula is C17H24N4O2. The Kier molecular flexibility index (Phi) is 5.15. The van der Waals surface area contributed by atoms with Crippen LogP contribution in [0.5, 0.6) is 0 Å². The van der Waals surface area contributed by atoms with Crippen LogP contribution in [0.15, 0.2) is 24.3 Å². The van der Waals surface area contributed by atoms with E-state index in [2.05, 4.69) is 20.5 Å². The number of H-pyrrole nitrogens is 1. The summed E-state index contributed by atoms with van der Waals surface area (Å²) in [5.74, 6) is 1.12. The molecule has 6 heteroatoms. The van der Waals surface area contributed by atoms with E-state index in [9.17, 15) is 9.90 Å². The van der Waals surface area contributed by atoms with Crippen molar-refractivity contribution in [1.29, 1.82) is 0 Å². The van der Waals surface area contributed by atoms with E-state index in [1.165, 1.54) is 0 Å². The number of carbonyl (C=O) groups excluding carboxylic acids is 1. The predicted molar refractivity (Wildman–Crippen MR) is 88.1 cm³/mol. The van der Waals surface area contributed by atoms with Gasteiger partial charge in [-0.25, -0.2) is 4.98 Å². The van der Waals surface area contributed by atoms with Crippen molar-refractivity contribution in [3.05, 3.63) is 47.0 Å². The number of nitrogens with zero attached hydrogens (tertiary/aromatic N) is 2. The van der Waals surface area contributed by atoms with Crippen molar-refractivity contribution in [1.82, 2.24) is 20.5 Å². The summed E-state index contributed by atoms with van der Waals surface area (Å²) in [6, 6.07) is 7.18. The molecule has 0 unspecified atom stereocenters. The summed E-state index contributed by atoms with van der Waals surface area (Å²) in [6.07, 6.45) is 1.37. The van der Waals surface area contributed by atoms with E-state index < -0.39 is 5.60 Å².